The average molecular weight is 304 g/mol. The number of nitro benzene ring substituents is 1. The summed E-state index contributed by atoms with van der Waals surface area (Å²) < 4.78 is 4.69. The lowest BCUT2D eigenvalue weighted by Crippen LogP contribution is -2.00. The van der Waals surface area contributed by atoms with Crippen molar-refractivity contribution in [2.24, 2.45) is 0 Å². The van der Waals surface area contributed by atoms with Crippen LogP contribution in [0.15, 0.2) is 24.3 Å². The Kier molecular flexibility index (Phi) is 5.79. The number of halogens is 2. The molecule has 102 valence electrons. The van der Waals surface area contributed by atoms with Crippen molar-refractivity contribution in [3.05, 3.63) is 50.0 Å². The molecule has 1 aromatic carbocycles. The molecule has 1 aromatic rings. The van der Waals surface area contributed by atoms with Gasteiger partial charge in [0.2, 0.25) is 0 Å². The zero-order valence-electron chi connectivity index (χ0n) is 10.1. The summed E-state index contributed by atoms with van der Waals surface area (Å²) in [5.41, 5.74) is 0.127. The SMILES string of the molecule is CCOC(=O)/C=C/Cc1c(Cl)cc(Cl)cc1[N+](=O)[O-]. The van der Waals surface area contributed by atoms with Crippen LogP contribution in [-0.4, -0.2) is 17.5 Å². The smallest absolute Gasteiger partial charge is 0.330 e. The maximum Gasteiger partial charge on any atom is 0.330 e. The molecule has 1 rings (SSSR count). The Balaban J connectivity index is 2.94. The highest BCUT2D eigenvalue weighted by Gasteiger charge is 2.17. The van der Waals surface area contributed by atoms with E-state index in [-0.39, 0.29) is 28.8 Å². The van der Waals surface area contributed by atoms with Gasteiger partial charge >= 0.3 is 5.97 Å². The molecular formula is C12H11Cl2NO4. The molecule has 0 saturated carbocycles. The number of carbonyl (C=O) groups excluding carboxylic acids is 1. The zero-order valence-corrected chi connectivity index (χ0v) is 11.6. The molecule has 0 heterocycles. The Labute approximate surface area is 119 Å². The van der Waals surface area contributed by atoms with Gasteiger partial charge < -0.3 is 4.74 Å². The van der Waals surface area contributed by atoms with Crippen molar-refractivity contribution >= 4 is 34.9 Å². The zero-order chi connectivity index (χ0) is 14.4. The fourth-order valence-electron chi connectivity index (χ4n) is 1.42. The molecule has 0 N–H and O–H groups in total. The summed E-state index contributed by atoms with van der Waals surface area (Å²) in [6.07, 6.45) is 2.81. The number of nitro groups is 1. The molecule has 0 amide bonds. The van der Waals surface area contributed by atoms with E-state index in [1.807, 2.05) is 0 Å². The minimum atomic E-state index is -0.564. The Morgan fingerprint density at radius 3 is 2.74 bits per heavy atom. The Hall–Kier alpha value is -1.59. The molecule has 0 unspecified atom stereocenters. The highest BCUT2D eigenvalue weighted by molar-refractivity contribution is 6.35. The number of carbonyl (C=O) groups is 1. The third-order valence-corrected chi connectivity index (χ3v) is 2.75. The third-order valence-electron chi connectivity index (χ3n) is 2.20. The predicted octanol–water partition coefficient (Wildman–Crippen LogP) is 3.56. The summed E-state index contributed by atoms with van der Waals surface area (Å²) in [5, 5.41) is 11.3. The number of rotatable bonds is 5. The van der Waals surface area contributed by atoms with E-state index in [0.717, 1.165) is 0 Å². The summed E-state index contributed by atoms with van der Waals surface area (Å²) >= 11 is 11.6. The minimum absolute atomic E-state index is 0.144. The van der Waals surface area contributed by atoms with Crippen molar-refractivity contribution in [1.82, 2.24) is 0 Å². The molecule has 0 aromatic heterocycles. The lowest BCUT2D eigenvalue weighted by molar-refractivity contribution is -0.385. The second kappa shape index (κ2) is 7.11. The maximum atomic E-state index is 11.1. The first-order chi connectivity index (χ1) is 8.95. The van der Waals surface area contributed by atoms with Crippen LogP contribution in [0.2, 0.25) is 10.0 Å². The van der Waals surface area contributed by atoms with E-state index >= 15 is 0 Å². The summed E-state index contributed by atoms with van der Waals surface area (Å²) in [6, 6.07) is 2.64. The van der Waals surface area contributed by atoms with Crippen molar-refractivity contribution < 1.29 is 14.5 Å². The molecule has 0 aliphatic rings. The lowest BCUT2D eigenvalue weighted by Gasteiger charge is -2.03. The second-order valence-corrected chi connectivity index (χ2v) is 4.34. The van der Waals surface area contributed by atoms with Crippen LogP contribution >= 0.6 is 23.2 Å². The first-order valence-corrected chi connectivity index (χ1v) is 6.17. The van der Waals surface area contributed by atoms with E-state index in [0.29, 0.717) is 5.56 Å². The summed E-state index contributed by atoms with van der Waals surface area (Å²) in [5.74, 6) is -0.504. The summed E-state index contributed by atoms with van der Waals surface area (Å²) in [7, 11) is 0. The molecule has 0 aliphatic heterocycles. The second-order valence-electron chi connectivity index (χ2n) is 3.50. The van der Waals surface area contributed by atoms with Crippen LogP contribution in [0.5, 0.6) is 0 Å². The lowest BCUT2D eigenvalue weighted by atomic mass is 10.1. The first-order valence-electron chi connectivity index (χ1n) is 5.41. The first kappa shape index (κ1) is 15.5. The minimum Gasteiger partial charge on any atom is -0.463 e. The Bertz CT molecular complexity index is 529. The number of nitrogens with zero attached hydrogens (tertiary/aromatic N) is 1. The number of hydrogen-bond donors (Lipinski definition) is 0. The fourth-order valence-corrected chi connectivity index (χ4v) is 1.98. The summed E-state index contributed by atoms with van der Waals surface area (Å²) in [4.78, 5) is 21.4. The van der Waals surface area contributed by atoms with Crippen molar-refractivity contribution in [2.75, 3.05) is 6.61 Å². The van der Waals surface area contributed by atoms with Gasteiger partial charge in [-0.2, -0.15) is 0 Å². The van der Waals surface area contributed by atoms with E-state index in [1.165, 1.54) is 24.3 Å². The average Bonchev–Trinajstić information content (AvgIpc) is 2.31. The van der Waals surface area contributed by atoms with Crippen molar-refractivity contribution in [3.8, 4) is 0 Å². The van der Waals surface area contributed by atoms with Crippen LogP contribution in [0, 0.1) is 10.1 Å². The van der Waals surface area contributed by atoms with Crippen LogP contribution in [0.25, 0.3) is 0 Å². The van der Waals surface area contributed by atoms with Gasteiger partial charge in [0, 0.05) is 17.2 Å². The predicted molar refractivity (Wildman–Crippen MR) is 72.6 cm³/mol. The normalized spacial score (nSPS) is 10.7. The van der Waals surface area contributed by atoms with E-state index in [1.54, 1.807) is 6.92 Å². The Morgan fingerprint density at radius 2 is 2.16 bits per heavy atom. The molecule has 19 heavy (non-hydrogen) atoms. The van der Waals surface area contributed by atoms with Crippen molar-refractivity contribution in [2.45, 2.75) is 13.3 Å². The van der Waals surface area contributed by atoms with Crippen LogP contribution in [0.4, 0.5) is 5.69 Å². The topological polar surface area (TPSA) is 69.4 Å². The molecule has 0 spiro atoms. The highest BCUT2D eigenvalue weighted by atomic mass is 35.5. The number of benzene rings is 1. The van der Waals surface area contributed by atoms with E-state index in [4.69, 9.17) is 27.9 Å². The van der Waals surface area contributed by atoms with Crippen LogP contribution in [-0.2, 0) is 16.0 Å². The van der Waals surface area contributed by atoms with Gasteiger partial charge in [-0.3, -0.25) is 10.1 Å². The molecule has 0 fully saturated rings. The molecule has 0 saturated heterocycles. The van der Waals surface area contributed by atoms with Gasteiger partial charge in [-0.05, 0) is 19.4 Å². The molecule has 0 aliphatic carbocycles. The molecule has 0 radical (unpaired) electrons. The van der Waals surface area contributed by atoms with Gasteiger partial charge in [-0.1, -0.05) is 29.3 Å². The standard InChI is InChI=1S/C12H11Cl2NO4/c1-2-19-12(16)5-3-4-9-10(14)6-8(13)7-11(9)15(17)18/h3,5-7H,2,4H2,1H3/b5-3+. The van der Waals surface area contributed by atoms with Gasteiger partial charge in [0.15, 0.2) is 0 Å². The number of allylic oxidation sites excluding steroid dienone is 1. The molecule has 0 atom stereocenters. The molecule has 0 bridgehead atoms. The molecular weight excluding hydrogens is 293 g/mol. The van der Waals surface area contributed by atoms with Crippen molar-refractivity contribution in [3.63, 3.8) is 0 Å². The highest BCUT2D eigenvalue weighted by Crippen LogP contribution is 2.31. The monoisotopic (exact) mass is 303 g/mol. The van der Waals surface area contributed by atoms with Gasteiger partial charge in [0.1, 0.15) is 0 Å². The van der Waals surface area contributed by atoms with Gasteiger partial charge in [0.25, 0.3) is 5.69 Å². The molecule has 7 heteroatoms. The quantitative estimate of drug-likeness (QED) is 0.361. The maximum absolute atomic E-state index is 11.1. The van der Waals surface area contributed by atoms with Crippen LogP contribution in [0.3, 0.4) is 0 Å². The largest absolute Gasteiger partial charge is 0.463 e. The summed E-state index contributed by atoms with van der Waals surface area (Å²) in [6.45, 7) is 1.96. The molecule has 5 nitrogen and oxygen atoms in total. The van der Waals surface area contributed by atoms with E-state index in [2.05, 4.69) is 0 Å². The Morgan fingerprint density at radius 1 is 1.47 bits per heavy atom. The number of esters is 1. The van der Waals surface area contributed by atoms with Gasteiger partial charge in [0.05, 0.1) is 22.1 Å². The van der Waals surface area contributed by atoms with Crippen LogP contribution < -0.4 is 0 Å². The van der Waals surface area contributed by atoms with Crippen LogP contribution in [0.1, 0.15) is 12.5 Å². The number of ether oxygens (including phenoxy) is 1. The van der Waals surface area contributed by atoms with Gasteiger partial charge in [-0.15, -0.1) is 0 Å². The third kappa shape index (κ3) is 4.54. The van der Waals surface area contributed by atoms with Crippen molar-refractivity contribution in [1.29, 1.82) is 0 Å². The van der Waals surface area contributed by atoms with E-state index in [9.17, 15) is 14.9 Å². The number of hydrogen-bond acceptors (Lipinski definition) is 4. The fraction of sp³-hybridized carbons (Fsp3) is 0.250. The van der Waals surface area contributed by atoms with E-state index < -0.39 is 10.9 Å². The van der Waals surface area contributed by atoms with Gasteiger partial charge in [-0.25, -0.2) is 4.79 Å².